The number of amides is 1. The van der Waals surface area contributed by atoms with E-state index < -0.39 is 0 Å². The van der Waals surface area contributed by atoms with Crippen LogP contribution in [0.15, 0.2) is 6.20 Å². The first-order valence-corrected chi connectivity index (χ1v) is 6.71. The van der Waals surface area contributed by atoms with Gasteiger partial charge in [0, 0.05) is 25.7 Å². The van der Waals surface area contributed by atoms with Crippen LogP contribution in [0.1, 0.15) is 23.8 Å². The third-order valence-electron chi connectivity index (χ3n) is 3.42. The molecule has 0 radical (unpaired) electrons. The Morgan fingerprint density at radius 1 is 1.53 bits per heavy atom. The predicted molar refractivity (Wildman–Crippen MR) is 71.7 cm³/mol. The van der Waals surface area contributed by atoms with E-state index in [-0.39, 0.29) is 11.9 Å². The van der Waals surface area contributed by atoms with Crippen LogP contribution in [0.5, 0.6) is 0 Å². The zero-order valence-corrected chi connectivity index (χ0v) is 11.6. The first-order chi connectivity index (χ1) is 9.11. The number of carbonyl (C=O) groups excluding carboxylic acids is 1. The molecular weight excluding hydrogens is 244 g/mol. The van der Waals surface area contributed by atoms with Gasteiger partial charge in [0.15, 0.2) is 5.69 Å². The van der Waals surface area contributed by atoms with Gasteiger partial charge in [-0.3, -0.25) is 9.48 Å². The van der Waals surface area contributed by atoms with Crippen molar-refractivity contribution in [3.63, 3.8) is 0 Å². The van der Waals surface area contributed by atoms with Gasteiger partial charge in [-0.2, -0.15) is 0 Å². The molecule has 1 amide bonds. The van der Waals surface area contributed by atoms with E-state index in [1.807, 2.05) is 4.90 Å². The van der Waals surface area contributed by atoms with E-state index in [0.717, 1.165) is 26.1 Å². The molecule has 1 aliphatic heterocycles. The summed E-state index contributed by atoms with van der Waals surface area (Å²) in [7, 11) is 2.09. The fourth-order valence-electron chi connectivity index (χ4n) is 2.46. The quantitative estimate of drug-likeness (QED) is 0.790. The lowest BCUT2D eigenvalue weighted by molar-refractivity contribution is 0.0690. The zero-order valence-electron chi connectivity index (χ0n) is 11.6. The molecule has 7 heteroatoms. The molecule has 0 spiro atoms. The Morgan fingerprint density at radius 3 is 3.05 bits per heavy atom. The molecular formula is C12H22N6O. The second-order valence-electron chi connectivity index (χ2n) is 5.12. The zero-order chi connectivity index (χ0) is 13.8. The molecule has 19 heavy (non-hydrogen) atoms. The van der Waals surface area contributed by atoms with Crippen molar-refractivity contribution in [2.45, 2.75) is 25.9 Å². The summed E-state index contributed by atoms with van der Waals surface area (Å²) in [5, 5.41) is 7.86. The number of likely N-dealkylation sites (N-methyl/N-ethyl adjacent to an activating group) is 1. The maximum Gasteiger partial charge on any atom is 0.276 e. The molecule has 0 bridgehead atoms. The lowest BCUT2D eigenvalue weighted by Crippen LogP contribution is -2.42. The van der Waals surface area contributed by atoms with Gasteiger partial charge in [0.2, 0.25) is 0 Å². The highest BCUT2D eigenvalue weighted by molar-refractivity contribution is 5.92. The molecule has 1 aliphatic rings. The smallest absolute Gasteiger partial charge is 0.276 e. The van der Waals surface area contributed by atoms with Crippen LogP contribution in [0.2, 0.25) is 0 Å². The molecule has 106 valence electrons. The van der Waals surface area contributed by atoms with E-state index in [9.17, 15) is 4.79 Å². The highest BCUT2D eigenvalue weighted by atomic mass is 16.2. The summed E-state index contributed by atoms with van der Waals surface area (Å²) in [6.07, 6.45) is 2.67. The Morgan fingerprint density at radius 2 is 2.32 bits per heavy atom. The average Bonchev–Trinajstić information content (AvgIpc) is 2.75. The molecule has 2 rings (SSSR count). The van der Waals surface area contributed by atoms with Crippen molar-refractivity contribution >= 4 is 5.91 Å². The molecule has 1 unspecified atom stereocenters. The fraction of sp³-hybridized carbons (Fsp3) is 0.750. The fourth-order valence-corrected chi connectivity index (χ4v) is 2.46. The van der Waals surface area contributed by atoms with E-state index in [1.54, 1.807) is 10.9 Å². The van der Waals surface area contributed by atoms with Crippen molar-refractivity contribution in [1.29, 1.82) is 0 Å². The molecule has 1 fully saturated rings. The minimum atomic E-state index is -0.0360. The summed E-state index contributed by atoms with van der Waals surface area (Å²) >= 11 is 0. The summed E-state index contributed by atoms with van der Waals surface area (Å²) in [4.78, 5) is 16.6. The third kappa shape index (κ3) is 3.30. The predicted octanol–water partition coefficient (Wildman–Crippen LogP) is -0.597. The Labute approximate surface area is 113 Å². The molecule has 1 saturated heterocycles. The van der Waals surface area contributed by atoms with Gasteiger partial charge in [-0.1, -0.05) is 5.21 Å². The van der Waals surface area contributed by atoms with Gasteiger partial charge in [0.25, 0.3) is 5.91 Å². The van der Waals surface area contributed by atoms with Gasteiger partial charge in [-0.05, 0) is 26.9 Å². The van der Waals surface area contributed by atoms with Gasteiger partial charge in [0.1, 0.15) is 0 Å². The van der Waals surface area contributed by atoms with Crippen LogP contribution in [-0.2, 0) is 6.54 Å². The minimum Gasteiger partial charge on any atom is -0.333 e. The van der Waals surface area contributed by atoms with E-state index in [2.05, 4.69) is 29.2 Å². The number of nitrogens with two attached hydrogens (primary N) is 1. The molecule has 2 heterocycles. The lowest BCUT2D eigenvalue weighted by atomic mass is 10.2. The van der Waals surface area contributed by atoms with E-state index >= 15 is 0 Å². The number of nitrogens with zero attached hydrogens (tertiary/aromatic N) is 5. The summed E-state index contributed by atoms with van der Waals surface area (Å²) in [6.45, 7) is 5.83. The Balaban J connectivity index is 2.08. The number of hydrogen-bond donors (Lipinski definition) is 1. The van der Waals surface area contributed by atoms with Crippen molar-refractivity contribution < 1.29 is 4.79 Å². The van der Waals surface area contributed by atoms with E-state index in [4.69, 9.17) is 5.73 Å². The summed E-state index contributed by atoms with van der Waals surface area (Å²) in [5.74, 6) is -0.0360. The van der Waals surface area contributed by atoms with Gasteiger partial charge >= 0.3 is 0 Å². The van der Waals surface area contributed by atoms with Crippen LogP contribution in [-0.4, -0.2) is 70.0 Å². The van der Waals surface area contributed by atoms with Crippen LogP contribution >= 0.6 is 0 Å². The van der Waals surface area contributed by atoms with Crippen LogP contribution in [0.3, 0.4) is 0 Å². The topological polar surface area (TPSA) is 80.3 Å². The Kier molecular flexibility index (Phi) is 4.49. The van der Waals surface area contributed by atoms with Crippen molar-refractivity contribution in [3.8, 4) is 0 Å². The average molecular weight is 266 g/mol. The van der Waals surface area contributed by atoms with Crippen molar-refractivity contribution in [1.82, 2.24) is 24.8 Å². The van der Waals surface area contributed by atoms with Crippen molar-refractivity contribution in [2.75, 3.05) is 33.2 Å². The molecule has 7 nitrogen and oxygen atoms in total. The summed E-state index contributed by atoms with van der Waals surface area (Å²) in [5.41, 5.74) is 5.86. The highest BCUT2D eigenvalue weighted by Crippen LogP contribution is 2.12. The normalized spacial score (nSPS) is 21.4. The first-order valence-electron chi connectivity index (χ1n) is 6.71. The van der Waals surface area contributed by atoms with Gasteiger partial charge in [-0.15, -0.1) is 5.10 Å². The number of carbonyl (C=O) groups is 1. The number of rotatable bonds is 3. The monoisotopic (exact) mass is 266 g/mol. The molecule has 0 saturated carbocycles. The minimum absolute atomic E-state index is 0.0360. The van der Waals surface area contributed by atoms with Crippen LogP contribution in [0.25, 0.3) is 0 Å². The third-order valence-corrected chi connectivity index (χ3v) is 3.42. The van der Waals surface area contributed by atoms with E-state index in [0.29, 0.717) is 18.8 Å². The maximum atomic E-state index is 12.4. The Bertz CT molecular complexity index is 432. The molecule has 1 atom stereocenters. The van der Waals surface area contributed by atoms with Crippen molar-refractivity contribution in [3.05, 3.63) is 11.9 Å². The lowest BCUT2D eigenvalue weighted by Gasteiger charge is -2.27. The standard InChI is InChI=1S/C12H22N6O/c1-10-8-16(2)5-3-6-18(10)12(19)11-9-17(7-4-13)15-14-11/h9-10H,3-8,13H2,1-2H3. The summed E-state index contributed by atoms with van der Waals surface area (Å²) in [6, 6.07) is 0.194. The highest BCUT2D eigenvalue weighted by Gasteiger charge is 2.26. The number of aromatic nitrogens is 3. The van der Waals surface area contributed by atoms with E-state index in [1.165, 1.54) is 0 Å². The van der Waals surface area contributed by atoms with Crippen LogP contribution in [0, 0.1) is 0 Å². The molecule has 1 aromatic heterocycles. The Hall–Kier alpha value is -1.47. The molecule has 2 N–H and O–H groups in total. The van der Waals surface area contributed by atoms with Gasteiger partial charge in [-0.25, -0.2) is 0 Å². The second-order valence-corrected chi connectivity index (χ2v) is 5.12. The molecule has 1 aromatic rings. The van der Waals surface area contributed by atoms with Gasteiger partial charge < -0.3 is 15.5 Å². The molecule has 0 aromatic carbocycles. The largest absolute Gasteiger partial charge is 0.333 e. The maximum absolute atomic E-state index is 12.4. The second kappa shape index (κ2) is 6.12. The molecule has 0 aliphatic carbocycles. The van der Waals surface area contributed by atoms with Crippen LogP contribution < -0.4 is 5.73 Å². The summed E-state index contributed by atoms with van der Waals surface area (Å²) < 4.78 is 1.61. The SMILES string of the molecule is CC1CN(C)CCCN1C(=O)c1cn(CCN)nn1. The van der Waals surface area contributed by atoms with Crippen molar-refractivity contribution in [2.24, 2.45) is 5.73 Å². The van der Waals surface area contributed by atoms with Crippen LogP contribution in [0.4, 0.5) is 0 Å². The number of hydrogen-bond acceptors (Lipinski definition) is 5. The van der Waals surface area contributed by atoms with Gasteiger partial charge in [0.05, 0.1) is 12.7 Å². The first kappa shape index (κ1) is 14.0.